The number of aromatic nitrogens is 4. The van der Waals surface area contributed by atoms with Gasteiger partial charge < -0.3 is 10.1 Å². The van der Waals surface area contributed by atoms with Gasteiger partial charge in [0.05, 0.1) is 18.4 Å². The Bertz CT molecular complexity index is 1180. The predicted octanol–water partition coefficient (Wildman–Crippen LogP) is 5.22. The van der Waals surface area contributed by atoms with Gasteiger partial charge in [0.1, 0.15) is 5.38 Å². The Hall–Kier alpha value is -3.33. The summed E-state index contributed by atoms with van der Waals surface area (Å²) in [4.78, 5) is 8.44. The van der Waals surface area contributed by atoms with Crippen LogP contribution in [0.3, 0.4) is 0 Å². The number of anilines is 2. The molecule has 6 nitrogen and oxygen atoms in total. The summed E-state index contributed by atoms with van der Waals surface area (Å²) in [6.45, 7) is 0. The van der Waals surface area contributed by atoms with Crippen molar-refractivity contribution in [3.8, 4) is 5.88 Å². The van der Waals surface area contributed by atoms with Gasteiger partial charge in [-0.25, -0.2) is 9.50 Å². The van der Waals surface area contributed by atoms with Gasteiger partial charge in [0, 0.05) is 18.0 Å². The number of hydrogen-bond donors (Lipinski definition) is 1. The van der Waals surface area contributed by atoms with Crippen molar-refractivity contribution in [2.24, 2.45) is 0 Å². The molecule has 0 spiro atoms. The van der Waals surface area contributed by atoms with E-state index in [1.54, 1.807) is 35.0 Å². The molecule has 1 N–H and O–H groups in total. The molecular weight excluding hydrogens is 419 g/mol. The number of nitrogens with one attached hydrogen (secondary N) is 1. The Balaban J connectivity index is 1.63. The number of fused-ring (bicyclic) bond motifs is 1. The highest BCUT2D eigenvalue weighted by Gasteiger charge is 2.30. The van der Waals surface area contributed by atoms with Crippen molar-refractivity contribution < 1.29 is 17.9 Å². The van der Waals surface area contributed by atoms with Crippen molar-refractivity contribution in [1.29, 1.82) is 0 Å². The quantitative estimate of drug-likeness (QED) is 0.437. The number of benzene rings is 1. The van der Waals surface area contributed by atoms with E-state index in [9.17, 15) is 13.2 Å². The molecule has 0 aliphatic heterocycles. The number of pyridine rings is 2. The first-order chi connectivity index (χ1) is 14.3. The molecule has 3 heterocycles. The lowest BCUT2D eigenvalue weighted by atomic mass is 10.1. The van der Waals surface area contributed by atoms with Crippen molar-refractivity contribution >= 4 is 28.9 Å². The maximum Gasteiger partial charge on any atom is 0.416 e. The first-order valence-corrected chi connectivity index (χ1v) is 9.23. The van der Waals surface area contributed by atoms with E-state index in [0.717, 1.165) is 17.7 Å². The maximum absolute atomic E-state index is 12.7. The van der Waals surface area contributed by atoms with Crippen LogP contribution in [0, 0.1) is 0 Å². The van der Waals surface area contributed by atoms with Crippen LogP contribution in [0.25, 0.3) is 5.65 Å². The molecule has 10 heteroatoms. The van der Waals surface area contributed by atoms with Crippen LogP contribution in [0.1, 0.15) is 22.2 Å². The lowest BCUT2D eigenvalue weighted by Crippen LogP contribution is -2.05. The number of alkyl halides is 4. The van der Waals surface area contributed by atoms with Gasteiger partial charge in [-0.1, -0.05) is 6.07 Å². The van der Waals surface area contributed by atoms with E-state index in [4.69, 9.17) is 16.3 Å². The van der Waals surface area contributed by atoms with Crippen molar-refractivity contribution in [2.75, 3.05) is 12.4 Å². The number of ether oxygens (including phenoxy) is 1. The number of rotatable bonds is 5. The molecule has 0 radical (unpaired) electrons. The smallest absolute Gasteiger partial charge is 0.416 e. The highest BCUT2D eigenvalue weighted by Crippen LogP contribution is 2.32. The number of hydrogen-bond acceptors (Lipinski definition) is 5. The Kier molecular flexibility index (Phi) is 5.21. The number of halogens is 4. The Morgan fingerprint density at radius 3 is 2.57 bits per heavy atom. The van der Waals surface area contributed by atoms with Crippen LogP contribution < -0.4 is 10.1 Å². The van der Waals surface area contributed by atoms with Crippen LogP contribution in [-0.4, -0.2) is 26.7 Å². The zero-order valence-electron chi connectivity index (χ0n) is 15.6. The largest absolute Gasteiger partial charge is 0.481 e. The third kappa shape index (κ3) is 4.02. The molecule has 0 aliphatic rings. The van der Waals surface area contributed by atoms with Crippen LogP contribution in [0.4, 0.5) is 24.8 Å². The molecular formula is C20H15ClF3N5O. The summed E-state index contributed by atoms with van der Waals surface area (Å²) in [7, 11) is 1.52. The topological polar surface area (TPSA) is 64.3 Å². The minimum absolute atomic E-state index is 0.235. The zero-order valence-corrected chi connectivity index (χ0v) is 16.3. The average molecular weight is 434 g/mol. The lowest BCUT2D eigenvalue weighted by Gasteiger charge is -2.12. The van der Waals surface area contributed by atoms with Crippen molar-refractivity contribution in [3.05, 3.63) is 77.6 Å². The summed E-state index contributed by atoms with van der Waals surface area (Å²) in [5.41, 5.74) is 1.67. The molecule has 30 heavy (non-hydrogen) atoms. The molecule has 0 bridgehead atoms. The second kappa shape index (κ2) is 7.83. The Labute approximate surface area is 174 Å². The first-order valence-electron chi connectivity index (χ1n) is 8.79. The van der Waals surface area contributed by atoms with E-state index in [2.05, 4.69) is 20.4 Å². The van der Waals surface area contributed by atoms with Crippen LogP contribution in [-0.2, 0) is 6.18 Å². The van der Waals surface area contributed by atoms with Crippen LogP contribution in [0.5, 0.6) is 5.88 Å². The summed E-state index contributed by atoms with van der Waals surface area (Å²) >= 11 is 6.67. The number of methoxy groups -OCH3 is 1. The van der Waals surface area contributed by atoms with E-state index < -0.39 is 17.1 Å². The fraction of sp³-hybridized carbons (Fsp3) is 0.150. The summed E-state index contributed by atoms with van der Waals surface area (Å²) in [6, 6.07) is 13.5. The van der Waals surface area contributed by atoms with Gasteiger partial charge in [-0.15, -0.1) is 16.7 Å². The standard InChI is InChI=1S/C20H15ClF3N5O/c1-30-17-11-12(9-10-25-17)18(21)15-3-2-4-16-27-19(28-29(15)16)26-14-7-5-13(6-8-14)20(22,23)24/h2-11,18H,1H3,(H,26,28). The summed E-state index contributed by atoms with van der Waals surface area (Å²) in [6.07, 6.45) is -2.79. The molecule has 0 fully saturated rings. The second-order valence-corrected chi connectivity index (χ2v) is 6.79. The van der Waals surface area contributed by atoms with Gasteiger partial charge in [-0.3, -0.25) is 0 Å². The van der Waals surface area contributed by atoms with E-state index in [1.807, 2.05) is 6.07 Å². The summed E-state index contributed by atoms with van der Waals surface area (Å²) < 4.78 is 44.9. The van der Waals surface area contributed by atoms with Gasteiger partial charge in [-0.2, -0.15) is 18.2 Å². The highest BCUT2D eigenvalue weighted by atomic mass is 35.5. The van der Waals surface area contributed by atoms with Gasteiger partial charge in [0.15, 0.2) is 5.65 Å². The minimum atomic E-state index is -4.39. The van der Waals surface area contributed by atoms with Crippen molar-refractivity contribution in [2.45, 2.75) is 11.6 Å². The molecule has 0 amide bonds. The zero-order chi connectivity index (χ0) is 21.3. The van der Waals surface area contributed by atoms with Gasteiger partial charge in [0.25, 0.3) is 0 Å². The van der Waals surface area contributed by atoms with Crippen LogP contribution >= 0.6 is 11.6 Å². The normalized spacial score (nSPS) is 12.7. The lowest BCUT2D eigenvalue weighted by molar-refractivity contribution is -0.137. The van der Waals surface area contributed by atoms with Crippen LogP contribution in [0.15, 0.2) is 60.8 Å². The van der Waals surface area contributed by atoms with E-state index >= 15 is 0 Å². The summed E-state index contributed by atoms with van der Waals surface area (Å²) in [5.74, 6) is 0.673. The van der Waals surface area contributed by atoms with Gasteiger partial charge in [-0.05, 0) is 48.0 Å². The van der Waals surface area contributed by atoms with Crippen LogP contribution in [0.2, 0.25) is 0 Å². The molecule has 0 saturated carbocycles. The molecule has 0 aliphatic carbocycles. The van der Waals surface area contributed by atoms with Gasteiger partial charge in [0.2, 0.25) is 11.8 Å². The third-order valence-electron chi connectivity index (χ3n) is 4.38. The van der Waals surface area contributed by atoms with Crippen molar-refractivity contribution in [1.82, 2.24) is 19.6 Å². The van der Waals surface area contributed by atoms with E-state index in [1.165, 1.54) is 19.2 Å². The number of nitrogens with zero attached hydrogens (tertiary/aromatic N) is 4. The van der Waals surface area contributed by atoms with Crippen molar-refractivity contribution in [3.63, 3.8) is 0 Å². The minimum Gasteiger partial charge on any atom is -0.481 e. The molecule has 1 unspecified atom stereocenters. The molecule has 0 saturated heterocycles. The third-order valence-corrected chi connectivity index (χ3v) is 4.85. The predicted molar refractivity (Wildman–Crippen MR) is 106 cm³/mol. The molecule has 1 atom stereocenters. The fourth-order valence-corrected chi connectivity index (χ4v) is 3.21. The second-order valence-electron chi connectivity index (χ2n) is 6.35. The fourth-order valence-electron chi connectivity index (χ4n) is 2.91. The summed E-state index contributed by atoms with van der Waals surface area (Å²) in [5, 5.41) is 6.77. The monoisotopic (exact) mass is 433 g/mol. The molecule has 3 aromatic heterocycles. The highest BCUT2D eigenvalue weighted by molar-refractivity contribution is 6.22. The average Bonchev–Trinajstić information content (AvgIpc) is 3.15. The first kappa shape index (κ1) is 20.0. The van der Waals surface area contributed by atoms with E-state index in [0.29, 0.717) is 22.9 Å². The maximum atomic E-state index is 12.7. The Morgan fingerprint density at radius 1 is 1.10 bits per heavy atom. The van der Waals surface area contributed by atoms with Gasteiger partial charge >= 0.3 is 6.18 Å². The molecule has 154 valence electrons. The molecule has 1 aromatic carbocycles. The Morgan fingerprint density at radius 2 is 1.87 bits per heavy atom. The molecule has 4 aromatic rings. The SMILES string of the molecule is COc1cc(C(Cl)c2cccc3nc(Nc4ccc(C(F)(F)F)cc4)nn23)ccn1. The van der Waals surface area contributed by atoms with E-state index in [-0.39, 0.29) is 5.95 Å². The molecule has 4 rings (SSSR count).